The molecule has 1 aliphatic heterocycles. The van der Waals surface area contributed by atoms with Gasteiger partial charge in [0.05, 0.1) is 11.8 Å². The topological polar surface area (TPSA) is 100 Å². The van der Waals surface area contributed by atoms with Crippen molar-refractivity contribution in [2.45, 2.75) is 70.1 Å². The number of hydrogen-bond donors (Lipinski definition) is 2. The van der Waals surface area contributed by atoms with E-state index in [9.17, 15) is 14.7 Å². The Morgan fingerprint density at radius 3 is 2.62 bits per heavy atom. The van der Waals surface area contributed by atoms with Gasteiger partial charge in [-0.1, -0.05) is 31.9 Å². The highest BCUT2D eigenvalue weighted by Gasteiger charge is 2.42. The molecule has 1 saturated heterocycles. The lowest BCUT2D eigenvalue weighted by Gasteiger charge is -2.29. The predicted molar refractivity (Wildman–Crippen MR) is 95.3 cm³/mol. The number of β-amino-alcohol motifs (C(OH)–C–C–N with tert-alkyl or cyclic N) is 1. The highest BCUT2D eigenvalue weighted by Crippen LogP contribution is 2.33. The van der Waals surface area contributed by atoms with Crippen molar-refractivity contribution >= 4 is 11.8 Å². The second-order valence-electron chi connectivity index (χ2n) is 7.80. The maximum Gasteiger partial charge on any atom is 0.248 e. The smallest absolute Gasteiger partial charge is 0.248 e. The fourth-order valence-corrected chi connectivity index (χ4v) is 4.18. The van der Waals surface area contributed by atoms with Crippen LogP contribution in [-0.4, -0.2) is 62.6 Å². The fraction of sp³-hybridized carbons (Fsp3) is 0.778. The quantitative estimate of drug-likeness (QED) is 0.807. The molecule has 3 rings (SSSR count). The van der Waals surface area contributed by atoms with Gasteiger partial charge in [-0.15, -0.1) is 5.10 Å². The number of hydrogen-bond acceptors (Lipinski definition) is 5. The van der Waals surface area contributed by atoms with Crippen molar-refractivity contribution in [1.82, 2.24) is 25.2 Å². The maximum absolute atomic E-state index is 13.2. The molecule has 2 aliphatic rings. The van der Waals surface area contributed by atoms with E-state index in [2.05, 4.69) is 15.6 Å². The van der Waals surface area contributed by atoms with Crippen LogP contribution in [0.25, 0.3) is 0 Å². The molecular formula is C18H29N5O3. The third-order valence-electron chi connectivity index (χ3n) is 5.58. The van der Waals surface area contributed by atoms with Crippen LogP contribution in [0, 0.1) is 5.92 Å². The molecule has 2 amide bonds. The summed E-state index contributed by atoms with van der Waals surface area (Å²) in [5.41, 5.74) is 0.949. The molecule has 144 valence electrons. The van der Waals surface area contributed by atoms with Crippen LogP contribution in [0.5, 0.6) is 0 Å². The molecule has 1 aliphatic carbocycles. The molecule has 2 heterocycles. The Morgan fingerprint density at radius 2 is 2.00 bits per heavy atom. The Bertz CT molecular complexity index is 653. The van der Waals surface area contributed by atoms with Gasteiger partial charge in [-0.2, -0.15) is 0 Å². The van der Waals surface area contributed by atoms with Gasteiger partial charge in [0, 0.05) is 32.1 Å². The van der Waals surface area contributed by atoms with E-state index in [1.165, 1.54) is 17.7 Å². The number of amides is 2. The normalized spacial score (nSPS) is 25.0. The van der Waals surface area contributed by atoms with E-state index in [-0.39, 0.29) is 30.7 Å². The van der Waals surface area contributed by atoms with Crippen LogP contribution in [-0.2, 0) is 9.59 Å². The molecule has 0 radical (unpaired) electrons. The first-order valence-electron chi connectivity index (χ1n) is 9.54. The molecule has 3 atom stereocenters. The van der Waals surface area contributed by atoms with Crippen LogP contribution in [0.3, 0.4) is 0 Å². The van der Waals surface area contributed by atoms with Gasteiger partial charge in [0.2, 0.25) is 11.8 Å². The fourth-order valence-electron chi connectivity index (χ4n) is 4.18. The van der Waals surface area contributed by atoms with Crippen molar-refractivity contribution in [3.63, 3.8) is 0 Å². The molecule has 1 saturated carbocycles. The number of carbonyl (C=O) groups excluding carboxylic acids is 2. The summed E-state index contributed by atoms with van der Waals surface area (Å²) in [5, 5.41) is 21.1. The summed E-state index contributed by atoms with van der Waals surface area (Å²) in [4.78, 5) is 26.9. The molecular weight excluding hydrogens is 334 g/mol. The van der Waals surface area contributed by atoms with Crippen molar-refractivity contribution in [2.75, 3.05) is 13.6 Å². The molecule has 1 aromatic rings. The molecule has 1 unspecified atom stereocenters. The molecule has 8 heteroatoms. The second kappa shape index (κ2) is 7.73. The number of rotatable bonds is 5. The lowest BCUT2D eigenvalue weighted by Crippen LogP contribution is -2.48. The van der Waals surface area contributed by atoms with E-state index in [0.29, 0.717) is 5.92 Å². The highest BCUT2D eigenvalue weighted by atomic mass is 16.3. The first kappa shape index (κ1) is 18.8. The average Bonchev–Trinajstić information content (AvgIpc) is 3.33. The molecule has 8 nitrogen and oxygen atoms in total. The summed E-state index contributed by atoms with van der Waals surface area (Å²) in [7, 11) is 1.54. The zero-order valence-electron chi connectivity index (χ0n) is 15.8. The number of likely N-dealkylation sites (N-methyl/N-ethyl adjacent to an activating group) is 1. The van der Waals surface area contributed by atoms with Gasteiger partial charge >= 0.3 is 0 Å². The summed E-state index contributed by atoms with van der Waals surface area (Å²) in [6, 6.07) is -1.17. The van der Waals surface area contributed by atoms with Crippen LogP contribution in [0.1, 0.15) is 63.6 Å². The number of likely N-dealkylation sites (tertiary alicyclic amines) is 1. The number of aliphatic hydroxyl groups excluding tert-OH is 1. The van der Waals surface area contributed by atoms with Gasteiger partial charge in [0.1, 0.15) is 12.1 Å². The molecule has 2 fully saturated rings. The minimum Gasteiger partial charge on any atom is -0.391 e. The van der Waals surface area contributed by atoms with Crippen LogP contribution in [0.15, 0.2) is 6.20 Å². The zero-order valence-corrected chi connectivity index (χ0v) is 15.8. The van der Waals surface area contributed by atoms with Crippen LogP contribution in [0.2, 0.25) is 0 Å². The Labute approximate surface area is 153 Å². The van der Waals surface area contributed by atoms with Crippen LogP contribution in [0.4, 0.5) is 0 Å². The summed E-state index contributed by atoms with van der Waals surface area (Å²) >= 11 is 0. The third kappa shape index (κ3) is 3.60. The van der Waals surface area contributed by atoms with Gasteiger partial charge in [0.25, 0.3) is 0 Å². The van der Waals surface area contributed by atoms with E-state index in [0.717, 1.165) is 18.5 Å². The number of aromatic nitrogens is 3. The van der Waals surface area contributed by atoms with Gasteiger partial charge in [-0.3, -0.25) is 9.59 Å². The van der Waals surface area contributed by atoms with E-state index in [1.807, 2.05) is 20.0 Å². The third-order valence-corrected chi connectivity index (χ3v) is 5.58. The van der Waals surface area contributed by atoms with E-state index in [1.54, 1.807) is 11.7 Å². The Kier molecular flexibility index (Phi) is 5.60. The average molecular weight is 363 g/mol. The van der Waals surface area contributed by atoms with Gasteiger partial charge in [0.15, 0.2) is 0 Å². The second-order valence-corrected chi connectivity index (χ2v) is 7.80. The molecule has 1 aromatic heterocycles. The van der Waals surface area contributed by atoms with Crippen molar-refractivity contribution in [3.8, 4) is 0 Å². The van der Waals surface area contributed by atoms with E-state index >= 15 is 0 Å². The Morgan fingerprint density at radius 1 is 1.31 bits per heavy atom. The summed E-state index contributed by atoms with van der Waals surface area (Å²) in [6.07, 6.45) is 6.14. The summed E-state index contributed by atoms with van der Waals surface area (Å²) in [6.45, 7) is 4.09. The van der Waals surface area contributed by atoms with Crippen LogP contribution < -0.4 is 5.32 Å². The standard InChI is InChI=1S/C18H29N5O3/c1-11(2)16(23-10-14(20-21-23)12-6-4-5-7-12)18(26)22-9-13(24)8-15(22)17(25)19-3/h10-13,15-16,24H,4-9H2,1-3H3,(H,19,25)/t13-,15+,16?/m1/s1. The highest BCUT2D eigenvalue weighted by molar-refractivity contribution is 5.89. The number of aliphatic hydroxyl groups is 1. The predicted octanol–water partition coefficient (Wildman–Crippen LogP) is 0.841. The van der Waals surface area contributed by atoms with Crippen molar-refractivity contribution in [3.05, 3.63) is 11.9 Å². The number of nitrogens with one attached hydrogen (secondary N) is 1. The number of carbonyl (C=O) groups is 2. The largest absolute Gasteiger partial charge is 0.391 e. The molecule has 26 heavy (non-hydrogen) atoms. The van der Waals surface area contributed by atoms with Crippen LogP contribution >= 0.6 is 0 Å². The molecule has 0 bridgehead atoms. The minimum absolute atomic E-state index is 0.0105. The lowest BCUT2D eigenvalue weighted by molar-refractivity contribution is -0.142. The monoisotopic (exact) mass is 363 g/mol. The minimum atomic E-state index is -0.682. The first-order chi connectivity index (χ1) is 12.4. The SMILES string of the molecule is CNC(=O)[C@@H]1C[C@@H](O)CN1C(=O)C(C(C)C)n1cc(C2CCCC2)nn1. The molecule has 2 N–H and O–H groups in total. The van der Waals surface area contributed by atoms with E-state index < -0.39 is 18.2 Å². The summed E-state index contributed by atoms with van der Waals surface area (Å²) < 4.78 is 1.65. The maximum atomic E-state index is 13.2. The lowest BCUT2D eigenvalue weighted by atomic mass is 10.0. The van der Waals surface area contributed by atoms with Gasteiger partial charge in [-0.05, 0) is 18.8 Å². The van der Waals surface area contributed by atoms with Gasteiger partial charge < -0.3 is 15.3 Å². The van der Waals surface area contributed by atoms with Crippen molar-refractivity contribution in [2.24, 2.45) is 5.92 Å². The zero-order chi connectivity index (χ0) is 18.8. The number of nitrogens with zero attached hydrogens (tertiary/aromatic N) is 4. The Balaban J connectivity index is 1.83. The first-order valence-corrected chi connectivity index (χ1v) is 9.54. The Hall–Kier alpha value is -1.96. The molecule has 0 aromatic carbocycles. The summed E-state index contributed by atoms with van der Waals surface area (Å²) in [5.74, 6) is -0.0155. The van der Waals surface area contributed by atoms with E-state index in [4.69, 9.17) is 0 Å². The molecule has 0 spiro atoms. The van der Waals surface area contributed by atoms with Gasteiger partial charge in [-0.25, -0.2) is 4.68 Å². The van der Waals surface area contributed by atoms with Crippen molar-refractivity contribution in [1.29, 1.82) is 0 Å². The van der Waals surface area contributed by atoms with Crippen molar-refractivity contribution < 1.29 is 14.7 Å².